The summed E-state index contributed by atoms with van der Waals surface area (Å²) in [5, 5.41) is 0.729. The summed E-state index contributed by atoms with van der Waals surface area (Å²) in [4.78, 5) is 29.1. The summed E-state index contributed by atoms with van der Waals surface area (Å²) in [5.74, 6) is -0.351. The maximum absolute atomic E-state index is 12.9. The molecule has 1 aliphatic rings. The second kappa shape index (κ2) is 7.86. The van der Waals surface area contributed by atoms with Crippen LogP contribution < -0.4 is 10.5 Å². The Kier molecular flexibility index (Phi) is 5.12. The number of hydrogen-bond acceptors (Lipinski definition) is 5. The lowest BCUT2D eigenvalue weighted by Crippen LogP contribution is -2.37. The molecule has 0 unspecified atom stereocenters. The van der Waals surface area contributed by atoms with Crippen LogP contribution in [0.15, 0.2) is 63.8 Å². The Morgan fingerprint density at radius 2 is 1.79 bits per heavy atom. The summed E-state index contributed by atoms with van der Waals surface area (Å²) in [6, 6.07) is 16.8. The van der Waals surface area contributed by atoms with Gasteiger partial charge in [0.1, 0.15) is 11.1 Å². The van der Waals surface area contributed by atoms with Crippen molar-refractivity contribution in [1.29, 1.82) is 0 Å². The number of para-hydroxylation sites is 2. The third kappa shape index (κ3) is 3.64. The Hall–Kier alpha value is -3.12. The molecule has 2 aromatic carbocycles. The molecule has 6 heteroatoms. The highest BCUT2D eigenvalue weighted by atomic mass is 16.5. The summed E-state index contributed by atoms with van der Waals surface area (Å²) in [6.45, 7) is 3.44. The van der Waals surface area contributed by atoms with Gasteiger partial charge in [-0.25, -0.2) is 4.79 Å². The van der Waals surface area contributed by atoms with Gasteiger partial charge in [0.2, 0.25) is 0 Å². The van der Waals surface area contributed by atoms with Gasteiger partial charge in [0, 0.05) is 37.8 Å². The monoisotopic (exact) mass is 378 g/mol. The summed E-state index contributed by atoms with van der Waals surface area (Å²) in [6.07, 6.45) is 0. The number of ether oxygens (including phenoxy) is 1. The Morgan fingerprint density at radius 3 is 2.61 bits per heavy atom. The Labute approximate surface area is 162 Å². The minimum Gasteiger partial charge on any atom is -0.422 e. The van der Waals surface area contributed by atoms with Crippen molar-refractivity contribution in [1.82, 2.24) is 4.90 Å². The number of carbonyl (C=O) groups is 1. The largest absolute Gasteiger partial charge is 0.422 e. The molecule has 28 heavy (non-hydrogen) atoms. The van der Waals surface area contributed by atoms with Gasteiger partial charge in [-0.1, -0.05) is 36.4 Å². The SMILES string of the molecule is CN(Cc1ccccc1N1CCOCC1)C(=O)c1cc2ccccc2oc1=O. The molecule has 0 atom stereocenters. The molecule has 1 saturated heterocycles. The molecule has 1 amide bonds. The quantitative estimate of drug-likeness (QED) is 0.653. The molecule has 1 fully saturated rings. The van der Waals surface area contributed by atoms with E-state index in [9.17, 15) is 9.59 Å². The van der Waals surface area contributed by atoms with Gasteiger partial charge < -0.3 is 19.0 Å². The van der Waals surface area contributed by atoms with E-state index in [1.165, 1.54) is 0 Å². The van der Waals surface area contributed by atoms with Crippen molar-refractivity contribution in [2.45, 2.75) is 6.54 Å². The van der Waals surface area contributed by atoms with E-state index in [0.29, 0.717) is 25.3 Å². The normalized spacial score (nSPS) is 14.2. The van der Waals surface area contributed by atoms with Crippen molar-refractivity contribution in [3.05, 3.63) is 76.1 Å². The van der Waals surface area contributed by atoms with Crippen molar-refractivity contribution >= 4 is 22.6 Å². The van der Waals surface area contributed by atoms with Crippen LogP contribution >= 0.6 is 0 Å². The average molecular weight is 378 g/mol. The zero-order chi connectivity index (χ0) is 19.5. The number of carbonyl (C=O) groups excluding carboxylic acids is 1. The molecule has 4 rings (SSSR count). The zero-order valence-corrected chi connectivity index (χ0v) is 15.8. The first kappa shape index (κ1) is 18.3. The van der Waals surface area contributed by atoms with Crippen LogP contribution in [0.2, 0.25) is 0 Å². The summed E-state index contributed by atoms with van der Waals surface area (Å²) < 4.78 is 10.7. The number of fused-ring (bicyclic) bond motifs is 1. The van der Waals surface area contributed by atoms with Crippen LogP contribution in [-0.4, -0.2) is 44.2 Å². The summed E-state index contributed by atoms with van der Waals surface area (Å²) in [7, 11) is 1.70. The van der Waals surface area contributed by atoms with Gasteiger partial charge in [-0.15, -0.1) is 0 Å². The smallest absolute Gasteiger partial charge is 0.349 e. The molecular weight excluding hydrogens is 356 g/mol. The second-order valence-electron chi connectivity index (χ2n) is 6.87. The molecule has 1 aromatic heterocycles. The second-order valence-corrected chi connectivity index (χ2v) is 6.87. The van der Waals surface area contributed by atoms with Gasteiger partial charge in [0.25, 0.3) is 5.91 Å². The van der Waals surface area contributed by atoms with Gasteiger partial charge in [-0.3, -0.25) is 4.79 Å². The zero-order valence-electron chi connectivity index (χ0n) is 15.8. The molecule has 144 valence electrons. The molecule has 0 bridgehead atoms. The first-order valence-electron chi connectivity index (χ1n) is 9.32. The molecule has 0 saturated carbocycles. The van der Waals surface area contributed by atoms with Gasteiger partial charge in [0.15, 0.2) is 0 Å². The summed E-state index contributed by atoms with van der Waals surface area (Å²) in [5.41, 5.74) is 2.04. The van der Waals surface area contributed by atoms with E-state index in [2.05, 4.69) is 11.0 Å². The van der Waals surface area contributed by atoms with Crippen LogP contribution in [0, 0.1) is 0 Å². The van der Waals surface area contributed by atoms with Gasteiger partial charge in [0.05, 0.1) is 13.2 Å². The third-order valence-corrected chi connectivity index (χ3v) is 4.97. The highest BCUT2D eigenvalue weighted by Crippen LogP contribution is 2.23. The molecular formula is C22H22N2O4. The lowest BCUT2D eigenvalue weighted by molar-refractivity contribution is 0.0781. The average Bonchev–Trinajstić information content (AvgIpc) is 2.73. The maximum atomic E-state index is 12.9. The van der Waals surface area contributed by atoms with E-state index in [1.807, 2.05) is 30.3 Å². The molecule has 0 spiro atoms. The Balaban J connectivity index is 1.59. The predicted octanol–water partition coefficient (Wildman–Crippen LogP) is 2.90. The fraction of sp³-hybridized carbons (Fsp3) is 0.273. The van der Waals surface area contributed by atoms with E-state index in [1.54, 1.807) is 30.1 Å². The molecule has 6 nitrogen and oxygen atoms in total. The predicted molar refractivity (Wildman–Crippen MR) is 108 cm³/mol. The highest BCUT2D eigenvalue weighted by molar-refractivity contribution is 5.96. The first-order valence-corrected chi connectivity index (χ1v) is 9.32. The third-order valence-electron chi connectivity index (χ3n) is 4.97. The van der Waals surface area contributed by atoms with Crippen molar-refractivity contribution in [2.75, 3.05) is 38.3 Å². The standard InChI is InChI=1S/C22H22N2O4/c1-23(15-17-7-2-4-8-19(17)24-10-12-27-13-11-24)21(25)18-14-16-6-3-5-9-20(16)28-22(18)26/h2-9,14H,10-13,15H2,1H3. The van der Waals surface area contributed by atoms with Gasteiger partial charge in [-0.05, 0) is 23.8 Å². The molecule has 1 aliphatic heterocycles. The number of rotatable bonds is 4. The van der Waals surface area contributed by atoms with Crippen LogP contribution in [0.1, 0.15) is 15.9 Å². The van der Waals surface area contributed by atoms with Crippen LogP contribution in [0.3, 0.4) is 0 Å². The van der Waals surface area contributed by atoms with Gasteiger partial charge >= 0.3 is 5.63 Å². The molecule has 0 radical (unpaired) electrons. The summed E-state index contributed by atoms with van der Waals surface area (Å²) >= 11 is 0. The van der Waals surface area contributed by atoms with Crippen molar-refractivity contribution in [2.24, 2.45) is 0 Å². The number of hydrogen-bond donors (Lipinski definition) is 0. The number of nitrogens with zero attached hydrogens (tertiary/aromatic N) is 2. The minimum absolute atomic E-state index is 0.0463. The fourth-order valence-electron chi connectivity index (χ4n) is 3.50. The lowest BCUT2D eigenvalue weighted by atomic mass is 10.1. The van der Waals surface area contributed by atoms with Crippen LogP contribution in [0.5, 0.6) is 0 Å². The van der Waals surface area contributed by atoms with Crippen LogP contribution in [-0.2, 0) is 11.3 Å². The van der Waals surface area contributed by atoms with Gasteiger partial charge in [-0.2, -0.15) is 0 Å². The minimum atomic E-state index is -0.614. The van der Waals surface area contributed by atoms with Crippen molar-refractivity contribution < 1.29 is 13.9 Å². The van der Waals surface area contributed by atoms with E-state index >= 15 is 0 Å². The van der Waals surface area contributed by atoms with Crippen molar-refractivity contribution in [3.8, 4) is 0 Å². The number of amides is 1. The van der Waals surface area contributed by atoms with E-state index in [4.69, 9.17) is 9.15 Å². The molecule has 0 N–H and O–H groups in total. The first-order chi connectivity index (χ1) is 13.6. The molecule has 0 aliphatic carbocycles. The van der Waals surface area contributed by atoms with E-state index < -0.39 is 5.63 Å². The molecule has 2 heterocycles. The number of morpholine rings is 1. The van der Waals surface area contributed by atoms with Crippen LogP contribution in [0.25, 0.3) is 11.0 Å². The highest BCUT2D eigenvalue weighted by Gasteiger charge is 2.20. The lowest BCUT2D eigenvalue weighted by Gasteiger charge is -2.31. The molecule has 3 aromatic rings. The maximum Gasteiger partial charge on any atom is 0.349 e. The Bertz CT molecular complexity index is 1050. The van der Waals surface area contributed by atoms with Crippen molar-refractivity contribution in [3.63, 3.8) is 0 Å². The number of benzene rings is 2. The fourth-order valence-corrected chi connectivity index (χ4v) is 3.50. The van der Waals surface area contributed by atoms with Crippen LogP contribution in [0.4, 0.5) is 5.69 Å². The van der Waals surface area contributed by atoms with E-state index in [-0.39, 0.29) is 11.5 Å². The van der Waals surface area contributed by atoms with E-state index in [0.717, 1.165) is 29.7 Å². The topological polar surface area (TPSA) is 63.0 Å². The number of anilines is 1. The Morgan fingerprint density at radius 1 is 1.07 bits per heavy atom.